The summed E-state index contributed by atoms with van der Waals surface area (Å²) in [6.45, 7) is 0. The van der Waals surface area contributed by atoms with Gasteiger partial charge in [0.15, 0.2) is 0 Å². The van der Waals surface area contributed by atoms with Crippen LogP contribution in [0.1, 0.15) is 5.56 Å². The second-order valence-electron chi connectivity index (χ2n) is 3.09. The molecule has 14 heavy (non-hydrogen) atoms. The van der Waals surface area contributed by atoms with Crippen LogP contribution in [0.2, 0.25) is 5.02 Å². The predicted molar refractivity (Wildman–Crippen MR) is 56.7 cm³/mol. The lowest BCUT2D eigenvalue weighted by atomic mass is 10.2. The Labute approximate surface area is 85.8 Å². The van der Waals surface area contributed by atoms with Crippen molar-refractivity contribution in [1.82, 2.24) is 9.55 Å². The van der Waals surface area contributed by atoms with Crippen LogP contribution in [0.4, 0.5) is 0 Å². The fourth-order valence-electron chi connectivity index (χ4n) is 1.39. The molecule has 0 saturated heterocycles. The fourth-order valence-corrected chi connectivity index (χ4v) is 1.74. The molecule has 0 aliphatic heterocycles. The van der Waals surface area contributed by atoms with Crippen molar-refractivity contribution in [3.63, 3.8) is 0 Å². The number of amidine groups is 1. The molecule has 2 aromatic rings. The van der Waals surface area contributed by atoms with Crippen molar-refractivity contribution in [3.8, 4) is 0 Å². The molecule has 1 aromatic carbocycles. The number of aryl methyl sites for hydroxylation is 1. The average molecular weight is 209 g/mol. The van der Waals surface area contributed by atoms with Gasteiger partial charge in [-0.15, -0.1) is 0 Å². The molecule has 2 rings (SSSR count). The van der Waals surface area contributed by atoms with Crippen molar-refractivity contribution in [2.45, 2.75) is 0 Å². The molecule has 3 N–H and O–H groups in total. The number of aromatic nitrogens is 2. The molecule has 0 bridgehead atoms. The minimum Gasteiger partial charge on any atom is -0.384 e. The van der Waals surface area contributed by atoms with E-state index in [4.69, 9.17) is 22.7 Å². The predicted octanol–water partition coefficient (Wildman–Crippen LogP) is 1.51. The second-order valence-corrected chi connectivity index (χ2v) is 3.50. The van der Waals surface area contributed by atoms with Gasteiger partial charge in [0.2, 0.25) is 0 Å². The van der Waals surface area contributed by atoms with Gasteiger partial charge in [-0.2, -0.15) is 0 Å². The zero-order chi connectivity index (χ0) is 10.3. The molecule has 0 saturated carbocycles. The monoisotopic (exact) mass is 208 g/mol. The molecule has 1 aromatic heterocycles. The molecule has 0 aliphatic carbocycles. The Balaban J connectivity index is 2.80. The third kappa shape index (κ3) is 1.24. The largest absolute Gasteiger partial charge is 0.384 e. The number of rotatable bonds is 1. The van der Waals surface area contributed by atoms with Gasteiger partial charge in [-0.05, 0) is 12.1 Å². The Morgan fingerprint density at radius 1 is 1.57 bits per heavy atom. The number of imidazole rings is 1. The molecule has 72 valence electrons. The smallest absolute Gasteiger partial charge is 0.122 e. The van der Waals surface area contributed by atoms with E-state index in [0.29, 0.717) is 10.6 Å². The molecule has 0 amide bonds. The topological polar surface area (TPSA) is 67.7 Å². The molecule has 0 radical (unpaired) electrons. The normalized spacial score (nSPS) is 10.7. The number of benzene rings is 1. The van der Waals surface area contributed by atoms with Crippen LogP contribution in [-0.2, 0) is 7.05 Å². The van der Waals surface area contributed by atoms with Gasteiger partial charge in [0, 0.05) is 12.6 Å². The number of hydrogen-bond donors (Lipinski definition) is 2. The molecular weight excluding hydrogens is 200 g/mol. The summed E-state index contributed by atoms with van der Waals surface area (Å²) in [7, 11) is 1.87. The highest BCUT2D eigenvalue weighted by atomic mass is 35.5. The number of nitrogens with two attached hydrogens (primary N) is 1. The SMILES string of the molecule is Cn1cnc2cc(C(=N)N)cc(Cl)c21. The van der Waals surface area contributed by atoms with Crippen molar-refractivity contribution in [1.29, 1.82) is 5.41 Å². The van der Waals surface area contributed by atoms with Gasteiger partial charge in [-0.3, -0.25) is 5.41 Å². The first-order chi connectivity index (χ1) is 6.59. The highest BCUT2D eigenvalue weighted by Gasteiger charge is 2.07. The molecule has 0 unspecified atom stereocenters. The van der Waals surface area contributed by atoms with Crippen LogP contribution in [0.5, 0.6) is 0 Å². The molecule has 0 aliphatic rings. The van der Waals surface area contributed by atoms with Crippen molar-refractivity contribution < 1.29 is 0 Å². The highest BCUT2D eigenvalue weighted by molar-refractivity contribution is 6.35. The first-order valence-electron chi connectivity index (χ1n) is 4.04. The van der Waals surface area contributed by atoms with Crippen LogP contribution in [-0.4, -0.2) is 15.4 Å². The van der Waals surface area contributed by atoms with Crippen molar-refractivity contribution >= 4 is 28.5 Å². The Hall–Kier alpha value is -1.55. The summed E-state index contributed by atoms with van der Waals surface area (Å²) in [4.78, 5) is 4.15. The molecular formula is C9H9ClN4. The standard InChI is InChI=1S/C9H9ClN4/c1-14-4-13-7-3-5(9(11)12)2-6(10)8(7)14/h2-4H,1H3,(H3,11,12). The van der Waals surface area contributed by atoms with Gasteiger partial charge < -0.3 is 10.3 Å². The van der Waals surface area contributed by atoms with E-state index >= 15 is 0 Å². The lowest BCUT2D eigenvalue weighted by Gasteiger charge is -2.01. The Kier molecular flexibility index (Phi) is 1.93. The average Bonchev–Trinajstić information content (AvgIpc) is 2.48. The zero-order valence-electron chi connectivity index (χ0n) is 7.58. The zero-order valence-corrected chi connectivity index (χ0v) is 8.34. The summed E-state index contributed by atoms with van der Waals surface area (Å²) in [5, 5.41) is 7.86. The molecule has 0 spiro atoms. The van der Waals surface area contributed by atoms with Crippen molar-refractivity contribution in [2.24, 2.45) is 12.8 Å². The van der Waals surface area contributed by atoms with Gasteiger partial charge in [0.1, 0.15) is 5.84 Å². The molecule has 0 atom stereocenters. The number of nitrogens with zero attached hydrogens (tertiary/aromatic N) is 2. The molecule has 1 heterocycles. The maximum atomic E-state index is 7.30. The third-order valence-electron chi connectivity index (χ3n) is 2.08. The Bertz CT molecular complexity index is 515. The first-order valence-corrected chi connectivity index (χ1v) is 4.42. The van der Waals surface area contributed by atoms with E-state index in [1.807, 2.05) is 11.6 Å². The number of hydrogen-bond acceptors (Lipinski definition) is 2. The third-order valence-corrected chi connectivity index (χ3v) is 2.37. The minimum absolute atomic E-state index is 0.000506. The summed E-state index contributed by atoms with van der Waals surface area (Å²) in [5.41, 5.74) is 7.58. The number of nitrogen functional groups attached to an aromatic ring is 1. The maximum Gasteiger partial charge on any atom is 0.122 e. The summed E-state index contributed by atoms with van der Waals surface area (Å²) < 4.78 is 1.83. The van der Waals surface area contributed by atoms with E-state index < -0.39 is 0 Å². The summed E-state index contributed by atoms with van der Waals surface area (Å²) in [6, 6.07) is 3.43. The minimum atomic E-state index is -0.000506. The van der Waals surface area contributed by atoms with Crippen molar-refractivity contribution in [3.05, 3.63) is 29.0 Å². The first kappa shape index (κ1) is 9.02. The van der Waals surface area contributed by atoms with E-state index in [-0.39, 0.29) is 5.84 Å². The summed E-state index contributed by atoms with van der Waals surface area (Å²) in [6.07, 6.45) is 1.68. The lowest BCUT2D eigenvalue weighted by Crippen LogP contribution is -2.10. The van der Waals surface area contributed by atoms with Crippen LogP contribution >= 0.6 is 11.6 Å². The quantitative estimate of drug-likeness (QED) is 0.551. The Morgan fingerprint density at radius 2 is 2.29 bits per heavy atom. The van der Waals surface area contributed by atoms with E-state index in [1.165, 1.54) is 0 Å². The maximum absolute atomic E-state index is 7.30. The Morgan fingerprint density at radius 3 is 2.93 bits per heavy atom. The summed E-state index contributed by atoms with van der Waals surface area (Å²) in [5.74, 6) is -0.000506. The van der Waals surface area contributed by atoms with Crippen LogP contribution in [0.15, 0.2) is 18.5 Å². The van der Waals surface area contributed by atoms with Gasteiger partial charge >= 0.3 is 0 Å². The van der Waals surface area contributed by atoms with Crippen LogP contribution in [0.25, 0.3) is 11.0 Å². The molecule has 0 fully saturated rings. The second kappa shape index (κ2) is 2.99. The van der Waals surface area contributed by atoms with Gasteiger partial charge in [-0.1, -0.05) is 11.6 Å². The fraction of sp³-hybridized carbons (Fsp3) is 0.111. The van der Waals surface area contributed by atoms with Crippen LogP contribution in [0, 0.1) is 5.41 Å². The van der Waals surface area contributed by atoms with E-state index in [2.05, 4.69) is 4.98 Å². The van der Waals surface area contributed by atoms with E-state index in [0.717, 1.165) is 11.0 Å². The summed E-state index contributed by atoms with van der Waals surface area (Å²) >= 11 is 6.04. The van der Waals surface area contributed by atoms with Crippen molar-refractivity contribution in [2.75, 3.05) is 0 Å². The number of nitrogens with one attached hydrogen (secondary N) is 1. The van der Waals surface area contributed by atoms with Gasteiger partial charge in [-0.25, -0.2) is 4.98 Å². The molecule has 5 heteroatoms. The molecule has 4 nitrogen and oxygen atoms in total. The van der Waals surface area contributed by atoms with Crippen LogP contribution in [0.3, 0.4) is 0 Å². The van der Waals surface area contributed by atoms with E-state index in [1.54, 1.807) is 18.5 Å². The van der Waals surface area contributed by atoms with Gasteiger partial charge in [0.25, 0.3) is 0 Å². The van der Waals surface area contributed by atoms with Crippen LogP contribution < -0.4 is 5.73 Å². The highest BCUT2D eigenvalue weighted by Crippen LogP contribution is 2.23. The number of halogens is 1. The number of fused-ring (bicyclic) bond motifs is 1. The van der Waals surface area contributed by atoms with Gasteiger partial charge in [0.05, 0.1) is 22.4 Å². The van der Waals surface area contributed by atoms with E-state index in [9.17, 15) is 0 Å². The lowest BCUT2D eigenvalue weighted by molar-refractivity contribution is 0.948.